The van der Waals surface area contributed by atoms with Gasteiger partial charge >= 0.3 is 0 Å². The second kappa shape index (κ2) is 7.17. The van der Waals surface area contributed by atoms with Crippen molar-refractivity contribution in [2.24, 2.45) is 17.8 Å². The molecule has 1 aromatic rings. The minimum absolute atomic E-state index is 0.173. The number of nitrogens with one attached hydrogen (secondary N) is 1. The summed E-state index contributed by atoms with van der Waals surface area (Å²) in [5.41, 5.74) is 0. The third-order valence-electron chi connectivity index (χ3n) is 5.38. The third-order valence-corrected chi connectivity index (χ3v) is 5.38. The molecule has 120 valence electrons. The zero-order chi connectivity index (χ0) is 15.4. The highest BCUT2D eigenvalue weighted by molar-refractivity contribution is 5.76. The van der Waals surface area contributed by atoms with Crippen molar-refractivity contribution in [1.82, 2.24) is 5.32 Å². The summed E-state index contributed by atoms with van der Waals surface area (Å²) in [5.74, 6) is 3.56. The Hall–Kier alpha value is -1.51. The molecule has 2 aliphatic rings. The number of benzene rings is 1. The smallest absolute Gasteiger partial charge is 0.220 e. The molecule has 1 N–H and O–H groups in total. The van der Waals surface area contributed by atoms with Crippen LogP contribution in [0.5, 0.6) is 5.75 Å². The molecule has 2 bridgehead atoms. The Kier molecular flexibility index (Phi) is 5.01. The van der Waals surface area contributed by atoms with Crippen molar-refractivity contribution in [3.63, 3.8) is 0 Å². The predicted octanol–water partition coefficient (Wildman–Crippen LogP) is 3.79. The molecule has 0 spiro atoms. The lowest BCUT2D eigenvalue weighted by Crippen LogP contribution is -2.40. The minimum Gasteiger partial charge on any atom is -0.494 e. The summed E-state index contributed by atoms with van der Waals surface area (Å²) >= 11 is 0. The van der Waals surface area contributed by atoms with Crippen molar-refractivity contribution < 1.29 is 9.53 Å². The van der Waals surface area contributed by atoms with E-state index in [9.17, 15) is 4.79 Å². The molecular formula is C19H27NO2. The number of rotatable bonds is 7. The lowest BCUT2D eigenvalue weighted by Gasteiger charge is -2.28. The molecule has 3 nitrogen and oxygen atoms in total. The van der Waals surface area contributed by atoms with Crippen LogP contribution in [0.2, 0.25) is 0 Å². The zero-order valence-corrected chi connectivity index (χ0v) is 13.5. The quantitative estimate of drug-likeness (QED) is 0.778. The lowest BCUT2D eigenvalue weighted by molar-refractivity contribution is -0.122. The molecule has 0 unspecified atom stereocenters. The average Bonchev–Trinajstić information content (AvgIpc) is 3.15. The van der Waals surface area contributed by atoms with Gasteiger partial charge in [-0.05, 0) is 62.5 Å². The van der Waals surface area contributed by atoms with E-state index in [-0.39, 0.29) is 5.91 Å². The van der Waals surface area contributed by atoms with Crippen LogP contribution in [0.15, 0.2) is 30.3 Å². The van der Waals surface area contributed by atoms with Crippen LogP contribution >= 0.6 is 0 Å². The number of hydrogen-bond acceptors (Lipinski definition) is 2. The highest BCUT2D eigenvalue weighted by Gasteiger charge is 2.41. The number of carbonyl (C=O) groups excluding carboxylic acids is 1. The van der Waals surface area contributed by atoms with E-state index in [1.807, 2.05) is 30.3 Å². The number of ether oxygens (including phenoxy) is 1. The summed E-state index contributed by atoms with van der Waals surface area (Å²) in [6, 6.07) is 10.1. The van der Waals surface area contributed by atoms with Crippen molar-refractivity contribution in [2.75, 3.05) is 6.61 Å². The van der Waals surface area contributed by atoms with Crippen molar-refractivity contribution >= 4 is 5.91 Å². The van der Waals surface area contributed by atoms with Crippen LogP contribution in [0.25, 0.3) is 0 Å². The van der Waals surface area contributed by atoms with Gasteiger partial charge in [0, 0.05) is 12.5 Å². The second-order valence-corrected chi connectivity index (χ2v) is 6.96. The van der Waals surface area contributed by atoms with Crippen LogP contribution in [0.1, 0.15) is 45.4 Å². The van der Waals surface area contributed by atoms with Gasteiger partial charge in [-0.1, -0.05) is 24.6 Å². The maximum atomic E-state index is 12.1. The van der Waals surface area contributed by atoms with Crippen LogP contribution < -0.4 is 10.1 Å². The summed E-state index contributed by atoms with van der Waals surface area (Å²) < 4.78 is 5.62. The molecule has 0 saturated heterocycles. The molecule has 0 heterocycles. The zero-order valence-electron chi connectivity index (χ0n) is 13.5. The van der Waals surface area contributed by atoms with E-state index >= 15 is 0 Å². The Morgan fingerprint density at radius 3 is 2.77 bits per heavy atom. The number of fused-ring (bicyclic) bond motifs is 2. The van der Waals surface area contributed by atoms with E-state index in [0.29, 0.717) is 25.0 Å². The first-order valence-corrected chi connectivity index (χ1v) is 8.69. The monoisotopic (exact) mass is 301 g/mol. The molecule has 2 saturated carbocycles. The van der Waals surface area contributed by atoms with Gasteiger partial charge < -0.3 is 10.1 Å². The normalized spacial score (nSPS) is 27.6. The number of carbonyl (C=O) groups is 1. The standard InChI is InChI=1S/C19H27NO2/c1-14(18-13-15-9-10-16(18)12-15)20-19(21)8-5-11-22-17-6-3-2-4-7-17/h2-4,6-7,14-16,18H,5,8-13H2,1H3,(H,20,21)/t14-,15-,16-,18+/m1/s1. The molecule has 2 fully saturated rings. The van der Waals surface area contributed by atoms with E-state index in [2.05, 4.69) is 12.2 Å². The van der Waals surface area contributed by atoms with Crippen LogP contribution in [0.4, 0.5) is 0 Å². The first kappa shape index (κ1) is 15.4. The lowest BCUT2D eigenvalue weighted by atomic mass is 9.84. The molecule has 0 aliphatic heterocycles. The van der Waals surface area contributed by atoms with Gasteiger partial charge in [-0.3, -0.25) is 4.79 Å². The Morgan fingerprint density at radius 2 is 2.09 bits per heavy atom. The van der Waals surface area contributed by atoms with Crippen LogP contribution in [-0.4, -0.2) is 18.6 Å². The van der Waals surface area contributed by atoms with Crippen LogP contribution in [0, 0.1) is 17.8 Å². The largest absolute Gasteiger partial charge is 0.494 e. The SMILES string of the molecule is C[C@@H](NC(=O)CCCOc1ccccc1)[C@@H]1C[C@@H]2CC[C@@H]1C2. The fourth-order valence-corrected chi connectivity index (χ4v) is 4.28. The molecule has 0 aromatic heterocycles. The average molecular weight is 301 g/mol. The van der Waals surface area contributed by atoms with Crippen molar-refractivity contribution in [1.29, 1.82) is 0 Å². The van der Waals surface area contributed by atoms with E-state index in [1.165, 1.54) is 25.7 Å². The molecule has 0 radical (unpaired) electrons. The van der Waals surface area contributed by atoms with Gasteiger partial charge in [-0.15, -0.1) is 0 Å². The van der Waals surface area contributed by atoms with Crippen molar-refractivity contribution in [2.45, 2.75) is 51.5 Å². The minimum atomic E-state index is 0.173. The first-order chi connectivity index (χ1) is 10.7. The van der Waals surface area contributed by atoms with Crippen molar-refractivity contribution in [3.8, 4) is 5.75 Å². The van der Waals surface area contributed by atoms with E-state index in [4.69, 9.17) is 4.74 Å². The maximum absolute atomic E-state index is 12.1. The molecule has 22 heavy (non-hydrogen) atoms. The van der Waals surface area contributed by atoms with E-state index < -0.39 is 0 Å². The topological polar surface area (TPSA) is 38.3 Å². The van der Waals surface area contributed by atoms with Crippen LogP contribution in [-0.2, 0) is 4.79 Å². The third kappa shape index (κ3) is 3.82. The molecule has 2 aliphatic carbocycles. The van der Waals surface area contributed by atoms with Crippen LogP contribution in [0.3, 0.4) is 0 Å². The molecule has 4 atom stereocenters. The fraction of sp³-hybridized carbons (Fsp3) is 0.632. The summed E-state index contributed by atoms with van der Waals surface area (Å²) in [6.07, 6.45) is 6.83. The highest BCUT2D eigenvalue weighted by atomic mass is 16.5. The van der Waals surface area contributed by atoms with E-state index in [0.717, 1.165) is 24.0 Å². The molecule has 1 amide bonds. The Labute approximate surface area is 133 Å². The summed E-state index contributed by atoms with van der Waals surface area (Å²) in [5, 5.41) is 3.21. The Morgan fingerprint density at radius 1 is 1.27 bits per heavy atom. The number of amides is 1. The second-order valence-electron chi connectivity index (χ2n) is 6.96. The Bertz CT molecular complexity index is 487. The predicted molar refractivity (Wildman–Crippen MR) is 87.7 cm³/mol. The van der Waals surface area contributed by atoms with Gasteiger partial charge in [0.05, 0.1) is 6.61 Å². The summed E-state index contributed by atoms with van der Waals surface area (Å²) in [7, 11) is 0. The van der Waals surface area contributed by atoms with Gasteiger partial charge in [0.25, 0.3) is 0 Å². The van der Waals surface area contributed by atoms with E-state index in [1.54, 1.807) is 0 Å². The van der Waals surface area contributed by atoms with Gasteiger partial charge in [-0.25, -0.2) is 0 Å². The molecule has 3 rings (SSSR count). The molecule has 3 heteroatoms. The van der Waals surface area contributed by atoms with Gasteiger partial charge in [0.2, 0.25) is 5.91 Å². The highest BCUT2D eigenvalue weighted by Crippen LogP contribution is 2.49. The van der Waals surface area contributed by atoms with Gasteiger partial charge in [-0.2, -0.15) is 0 Å². The first-order valence-electron chi connectivity index (χ1n) is 8.69. The van der Waals surface area contributed by atoms with Crippen molar-refractivity contribution in [3.05, 3.63) is 30.3 Å². The number of hydrogen-bond donors (Lipinski definition) is 1. The number of para-hydroxylation sites is 1. The summed E-state index contributed by atoms with van der Waals surface area (Å²) in [6.45, 7) is 2.78. The van der Waals surface area contributed by atoms with Gasteiger partial charge in [0.15, 0.2) is 0 Å². The summed E-state index contributed by atoms with van der Waals surface area (Å²) in [4.78, 5) is 12.1. The molecule has 1 aromatic carbocycles. The molecular weight excluding hydrogens is 274 g/mol. The van der Waals surface area contributed by atoms with Gasteiger partial charge in [0.1, 0.15) is 5.75 Å². The maximum Gasteiger partial charge on any atom is 0.220 e. The Balaban J connectivity index is 1.32. The fourth-order valence-electron chi connectivity index (χ4n) is 4.28.